The highest BCUT2D eigenvalue weighted by molar-refractivity contribution is 7.99. The maximum Gasteiger partial charge on any atom is 0.332 e. The van der Waals surface area contributed by atoms with Gasteiger partial charge in [-0.15, -0.1) is 10.2 Å². The summed E-state index contributed by atoms with van der Waals surface area (Å²) >= 11 is 1.11. The van der Waals surface area contributed by atoms with E-state index >= 15 is 0 Å². The maximum atomic E-state index is 13.0. The van der Waals surface area contributed by atoms with Crippen LogP contribution in [0.15, 0.2) is 63.3 Å². The van der Waals surface area contributed by atoms with Gasteiger partial charge < -0.3 is 15.2 Å². The van der Waals surface area contributed by atoms with Crippen molar-refractivity contribution in [2.45, 2.75) is 5.16 Å². The van der Waals surface area contributed by atoms with Crippen LogP contribution in [0.4, 0.5) is 5.82 Å². The van der Waals surface area contributed by atoms with Gasteiger partial charge in [-0.05, 0) is 30.3 Å². The first-order chi connectivity index (χ1) is 16.9. The average Bonchev–Trinajstić information content (AvgIpc) is 3.52. The van der Waals surface area contributed by atoms with Crippen LogP contribution >= 0.6 is 11.8 Å². The molecule has 0 bridgehead atoms. The molecule has 4 aromatic rings. The van der Waals surface area contributed by atoms with Gasteiger partial charge >= 0.3 is 5.69 Å². The molecule has 1 aliphatic heterocycles. The van der Waals surface area contributed by atoms with Crippen molar-refractivity contribution in [2.24, 2.45) is 14.1 Å². The fourth-order valence-electron chi connectivity index (χ4n) is 3.72. The molecule has 0 aliphatic carbocycles. The highest BCUT2D eigenvalue weighted by atomic mass is 32.2. The summed E-state index contributed by atoms with van der Waals surface area (Å²) in [5.41, 5.74) is 5.90. The van der Waals surface area contributed by atoms with Gasteiger partial charge in [0.05, 0.1) is 5.75 Å². The zero-order valence-corrected chi connectivity index (χ0v) is 19.6. The number of rotatable bonds is 6. The van der Waals surface area contributed by atoms with Gasteiger partial charge in [0.25, 0.3) is 5.56 Å². The molecule has 3 heterocycles. The van der Waals surface area contributed by atoms with Gasteiger partial charge in [-0.3, -0.25) is 23.3 Å². The number of hydrogen-bond acceptors (Lipinski definition) is 9. The minimum atomic E-state index is -0.734. The van der Waals surface area contributed by atoms with E-state index in [1.807, 2.05) is 47.0 Å². The number of ketones is 1. The number of fused-ring (bicyclic) bond motifs is 1. The van der Waals surface area contributed by atoms with E-state index in [9.17, 15) is 14.4 Å². The van der Waals surface area contributed by atoms with Crippen molar-refractivity contribution in [1.82, 2.24) is 23.9 Å². The lowest BCUT2D eigenvalue weighted by atomic mass is 10.2. The molecule has 2 aromatic heterocycles. The first-order valence-corrected chi connectivity index (χ1v) is 11.5. The fraction of sp³-hybridized carbons (Fsp3) is 0.174. The number of Topliss-reactive ketones (excluding diaryl/α,β-unsaturated/α-hetero) is 1. The van der Waals surface area contributed by atoms with Gasteiger partial charge in [-0.1, -0.05) is 30.0 Å². The second-order valence-electron chi connectivity index (χ2n) is 7.72. The Labute approximate surface area is 202 Å². The number of aromatic nitrogens is 5. The molecule has 0 saturated carbocycles. The third-order valence-corrected chi connectivity index (χ3v) is 6.53. The van der Waals surface area contributed by atoms with E-state index < -0.39 is 17.0 Å². The van der Waals surface area contributed by atoms with Crippen LogP contribution in [0.5, 0.6) is 11.5 Å². The number of nitrogens with two attached hydrogens (primary N) is 1. The highest BCUT2D eigenvalue weighted by Crippen LogP contribution is 2.37. The SMILES string of the molecule is Cn1c(N)c(C(=O)CSc2nnc(-c3ccc4c(c3)OCO4)n2-c2ccccc2)c(=O)n(C)c1=O. The minimum Gasteiger partial charge on any atom is -0.454 e. The van der Waals surface area contributed by atoms with Crippen LogP contribution in [0, 0.1) is 0 Å². The van der Waals surface area contributed by atoms with Crippen molar-refractivity contribution in [3.8, 4) is 28.6 Å². The molecule has 0 fully saturated rings. The third-order valence-electron chi connectivity index (χ3n) is 5.60. The van der Waals surface area contributed by atoms with Crippen LogP contribution in [0.25, 0.3) is 17.1 Å². The van der Waals surface area contributed by atoms with E-state index in [1.54, 1.807) is 6.07 Å². The van der Waals surface area contributed by atoms with Crippen molar-refractivity contribution in [3.63, 3.8) is 0 Å². The quantitative estimate of drug-likeness (QED) is 0.314. The van der Waals surface area contributed by atoms with Crippen LogP contribution in [0.1, 0.15) is 10.4 Å². The molecule has 0 unspecified atom stereocenters. The van der Waals surface area contributed by atoms with Crippen LogP contribution in [-0.2, 0) is 14.1 Å². The number of nitrogens with zero attached hydrogens (tertiary/aromatic N) is 5. The second kappa shape index (κ2) is 8.80. The molecule has 35 heavy (non-hydrogen) atoms. The molecule has 2 N–H and O–H groups in total. The number of thioether (sulfide) groups is 1. The lowest BCUT2D eigenvalue weighted by molar-refractivity contribution is 0.102. The zero-order chi connectivity index (χ0) is 24.7. The third kappa shape index (κ3) is 3.87. The Kier molecular flexibility index (Phi) is 5.65. The Morgan fingerprint density at radius 1 is 1.03 bits per heavy atom. The number of nitrogen functional groups attached to an aromatic ring is 1. The second-order valence-corrected chi connectivity index (χ2v) is 8.67. The molecular weight excluding hydrogens is 472 g/mol. The predicted octanol–water partition coefficient (Wildman–Crippen LogP) is 1.62. The lowest BCUT2D eigenvalue weighted by Crippen LogP contribution is -2.41. The molecule has 12 heteroatoms. The molecule has 0 saturated heterocycles. The lowest BCUT2D eigenvalue weighted by Gasteiger charge is -2.12. The van der Waals surface area contributed by atoms with Crippen LogP contribution in [0.2, 0.25) is 0 Å². The Morgan fingerprint density at radius 3 is 2.54 bits per heavy atom. The van der Waals surface area contributed by atoms with E-state index in [2.05, 4.69) is 10.2 Å². The number of hydrogen-bond donors (Lipinski definition) is 1. The van der Waals surface area contributed by atoms with Crippen molar-refractivity contribution in [2.75, 3.05) is 18.3 Å². The van der Waals surface area contributed by atoms with E-state index in [4.69, 9.17) is 15.2 Å². The molecule has 178 valence electrons. The minimum absolute atomic E-state index is 0.135. The average molecular weight is 493 g/mol. The number of carbonyl (C=O) groups is 1. The van der Waals surface area contributed by atoms with Crippen LogP contribution in [0.3, 0.4) is 0 Å². The summed E-state index contributed by atoms with van der Waals surface area (Å²) in [5.74, 6) is 0.975. The largest absolute Gasteiger partial charge is 0.454 e. The normalized spacial score (nSPS) is 12.2. The topological polar surface area (TPSA) is 136 Å². The number of para-hydroxylation sites is 1. The molecule has 0 atom stereocenters. The number of carbonyl (C=O) groups excluding carboxylic acids is 1. The van der Waals surface area contributed by atoms with Crippen LogP contribution < -0.4 is 26.5 Å². The van der Waals surface area contributed by atoms with E-state index in [0.29, 0.717) is 22.5 Å². The first kappa shape index (κ1) is 22.5. The molecule has 0 radical (unpaired) electrons. The molecule has 5 rings (SSSR count). The summed E-state index contributed by atoms with van der Waals surface area (Å²) < 4.78 is 14.6. The van der Waals surface area contributed by atoms with Gasteiger partial charge in [0.1, 0.15) is 11.4 Å². The van der Waals surface area contributed by atoms with Crippen molar-refractivity contribution >= 4 is 23.4 Å². The smallest absolute Gasteiger partial charge is 0.332 e. The Bertz CT molecular complexity index is 1570. The van der Waals surface area contributed by atoms with Gasteiger partial charge in [0.2, 0.25) is 6.79 Å². The molecule has 0 spiro atoms. The zero-order valence-electron chi connectivity index (χ0n) is 18.8. The molecule has 11 nitrogen and oxygen atoms in total. The van der Waals surface area contributed by atoms with Gasteiger partial charge in [-0.25, -0.2) is 4.79 Å². The standard InChI is InChI=1S/C23H20N6O5S/c1-27-19(24)18(21(31)28(2)23(27)32)15(30)11-35-22-26-25-20(29(22)14-6-4-3-5-7-14)13-8-9-16-17(10-13)34-12-33-16/h3-10H,11-12,24H2,1-2H3. The number of anilines is 1. The predicted molar refractivity (Wildman–Crippen MR) is 129 cm³/mol. The Balaban J connectivity index is 1.52. The Morgan fingerprint density at radius 2 is 1.77 bits per heavy atom. The van der Waals surface area contributed by atoms with Crippen molar-refractivity contribution < 1.29 is 14.3 Å². The molecule has 0 amide bonds. The van der Waals surface area contributed by atoms with Crippen LogP contribution in [-0.4, -0.2) is 42.2 Å². The first-order valence-electron chi connectivity index (χ1n) is 10.5. The highest BCUT2D eigenvalue weighted by Gasteiger charge is 2.23. The summed E-state index contributed by atoms with van der Waals surface area (Å²) in [4.78, 5) is 37.6. The number of benzene rings is 2. The van der Waals surface area contributed by atoms with Gasteiger partial charge in [0.15, 0.2) is 28.3 Å². The summed E-state index contributed by atoms with van der Waals surface area (Å²) in [7, 11) is 2.71. The summed E-state index contributed by atoms with van der Waals surface area (Å²) in [6.07, 6.45) is 0. The fourth-order valence-corrected chi connectivity index (χ4v) is 4.54. The molecular formula is C23H20N6O5S. The Hall–Kier alpha value is -4.32. The molecule has 1 aliphatic rings. The van der Waals surface area contributed by atoms with E-state index in [-0.39, 0.29) is 23.9 Å². The van der Waals surface area contributed by atoms with Crippen molar-refractivity contribution in [1.29, 1.82) is 0 Å². The number of ether oxygens (including phenoxy) is 2. The van der Waals surface area contributed by atoms with E-state index in [1.165, 1.54) is 14.1 Å². The molecule has 2 aromatic carbocycles. The summed E-state index contributed by atoms with van der Waals surface area (Å²) in [6.45, 7) is 0.154. The van der Waals surface area contributed by atoms with Gasteiger partial charge in [0, 0.05) is 25.3 Å². The summed E-state index contributed by atoms with van der Waals surface area (Å²) in [5, 5.41) is 9.11. The van der Waals surface area contributed by atoms with Gasteiger partial charge in [-0.2, -0.15) is 0 Å². The van der Waals surface area contributed by atoms with E-state index in [0.717, 1.165) is 32.1 Å². The van der Waals surface area contributed by atoms with Crippen molar-refractivity contribution in [3.05, 3.63) is 74.9 Å². The monoisotopic (exact) mass is 492 g/mol. The summed E-state index contributed by atoms with van der Waals surface area (Å²) in [6, 6.07) is 14.9. The maximum absolute atomic E-state index is 13.0.